The van der Waals surface area contributed by atoms with Gasteiger partial charge in [0.25, 0.3) is 0 Å². The van der Waals surface area contributed by atoms with Crippen molar-refractivity contribution in [2.24, 2.45) is 0 Å². The molecule has 1 N–H and O–H groups in total. The van der Waals surface area contributed by atoms with Crippen LogP contribution in [0.5, 0.6) is 11.5 Å². The van der Waals surface area contributed by atoms with Crippen molar-refractivity contribution in [1.29, 1.82) is 0 Å². The number of ether oxygens (including phenoxy) is 2. The number of piperidine rings is 1. The molecule has 1 aromatic carbocycles. The van der Waals surface area contributed by atoms with E-state index >= 15 is 0 Å². The highest BCUT2D eigenvalue weighted by molar-refractivity contribution is 5.85. The number of alkyl halides is 2. The van der Waals surface area contributed by atoms with Gasteiger partial charge >= 0.3 is 6.61 Å². The minimum atomic E-state index is -2.79. The van der Waals surface area contributed by atoms with Gasteiger partial charge < -0.3 is 14.8 Å². The molecule has 2 rings (SSSR count). The summed E-state index contributed by atoms with van der Waals surface area (Å²) in [6.45, 7) is -0.875. The van der Waals surface area contributed by atoms with Crippen molar-refractivity contribution in [3.05, 3.63) is 24.3 Å². The van der Waals surface area contributed by atoms with Gasteiger partial charge in [0.15, 0.2) is 0 Å². The van der Waals surface area contributed by atoms with Crippen LogP contribution in [0.15, 0.2) is 24.3 Å². The van der Waals surface area contributed by atoms with Gasteiger partial charge in [0.2, 0.25) is 0 Å². The zero-order valence-corrected chi connectivity index (χ0v) is 10.6. The first-order valence-electron chi connectivity index (χ1n) is 5.66. The Balaban J connectivity index is 0.00000162. The molecule has 0 aromatic heterocycles. The Hall–Kier alpha value is -1.07. The van der Waals surface area contributed by atoms with Crippen molar-refractivity contribution in [2.45, 2.75) is 25.6 Å². The monoisotopic (exact) mass is 279 g/mol. The molecule has 3 nitrogen and oxygen atoms in total. The highest BCUT2D eigenvalue weighted by Gasteiger charge is 2.14. The van der Waals surface area contributed by atoms with Gasteiger partial charge in [-0.2, -0.15) is 8.78 Å². The van der Waals surface area contributed by atoms with Gasteiger partial charge in [-0.15, -0.1) is 12.4 Å². The Morgan fingerprint density at radius 2 is 1.61 bits per heavy atom. The summed E-state index contributed by atoms with van der Waals surface area (Å²) >= 11 is 0. The maximum Gasteiger partial charge on any atom is 0.387 e. The summed E-state index contributed by atoms with van der Waals surface area (Å²) in [5.74, 6) is 0.844. The van der Waals surface area contributed by atoms with Gasteiger partial charge in [-0.05, 0) is 50.2 Å². The summed E-state index contributed by atoms with van der Waals surface area (Å²) < 4.78 is 33.9. The summed E-state index contributed by atoms with van der Waals surface area (Å²) in [7, 11) is 0. The van der Waals surface area contributed by atoms with E-state index < -0.39 is 6.61 Å². The Bertz CT molecular complexity index is 342. The zero-order valence-electron chi connectivity index (χ0n) is 9.77. The minimum absolute atomic E-state index is 0. The minimum Gasteiger partial charge on any atom is -0.490 e. The standard InChI is InChI=1S/C12H15F2NO2.ClH/c13-12(14)17-10-3-1-9(2-4-10)16-11-5-7-15-8-6-11;/h1-4,11-12,15H,5-8H2;1H. The molecular weight excluding hydrogens is 264 g/mol. The molecule has 0 saturated carbocycles. The van der Waals surface area contributed by atoms with Crippen LogP contribution in [0.4, 0.5) is 8.78 Å². The van der Waals surface area contributed by atoms with E-state index in [0.717, 1.165) is 25.9 Å². The molecule has 1 aliphatic heterocycles. The first kappa shape index (κ1) is 15.0. The van der Waals surface area contributed by atoms with E-state index in [1.54, 1.807) is 12.1 Å². The normalized spacial score (nSPS) is 16.2. The number of nitrogens with one attached hydrogen (secondary N) is 1. The fraction of sp³-hybridized carbons (Fsp3) is 0.500. The molecule has 6 heteroatoms. The van der Waals surface area contributed by atoms with Crippen molar-refractivity contribution in [2.75, 3.05) is 13.1 Å². The summed E-state index contributed by atoms with van der Waals surface area (Å²) in [6, 6.07) is 6.28. The molecule has 0 amide bonds. The van der Waals surface area contributed by atoms with Crippen LogP contribution in [0.25, 0.3) is 0 Å². The Morgan fingerprint density at radius 3 is 2.17 bits per heavy atom. The fourth-order valence-corrected chi connectivity index (χ4v) is 1.81. The number of hydrogen-bond acceptors (Lipinski definition) is 3. The lowest BCUT2D eigenvalue weighted by Crippen LogP contribution is -2.34. The quantitative estimate of drug-likeness (QED) is 0.919. The van der Waals surface area contributed by atoms with Crippen LogP contribution in [-0.4, -0.2) is 25.8 Å². The van der Waals surface area contributed by atoms with Crippen LogP contribution in [0.3, 0.4) is 0 Å². The number of benzene rings is 1. The van der Waals surface area contributed by atoms with Gasteiger partial charge in [-0.3, -0.25) is 0 Å². The second-order valence-corrected chi connectivity index (χ2v) is 3.92. The van der Waals surface area contributed by atoms with E-state index in [0.29, 0.717) is 5.75 Å². The molecule has 1 fully saturated rings. The average Bonchev–Trinajstić information content (AvgIpc) is 2.32. The third-order valence-electron chi connectivity index (χ3n) is 2.64. The van der Waals surface area contributed by atoms with Crippen molar-refractivity contribution >= 4 is 12.4 Å². The van der Waals surface area contributed by atoms with E-state index in [9.17, 15) is 8.78 Å². The first-order valence-corrected chi connectivity index (χ1v) is 5.66. The Morgan fingerprint density at radius 1 is 1.06 bits per heavy atom. The van der Waals surface area contributed by atoms with Crippen LogP contribution in [0.1, 0.15) is 12.8 Å². The molecule has 18 heavy (non-hydrogen) atoms. The van der Waals surface area contributed by atoms with Crippen molar-refractivity contribution in [3.8, 4) is 11.5 Å². The molecule has 0 spiro atoms. The molecule has 1 saturated heterocycles. The molecule has 0 radical (unpaired) electrons. The highest BCUT2D eigenvalue weighted by atomic mass is 35.5. The fourth-order valence-electron chi connectivity index (χ4n) is 1.81. The number of halogens is 3. The van der Waals surface area contributed by atoms with Crippen LogP contribution < -0.4 is 14.8 Å². The van der Waals surface area contributed by atoms with E-state index in [1.807, 2.05) is 0 Å². The smallest absolute Gasteiger partial charge is 0.387 e. The van der Waals surface area contributed by atoms with Crippen molar-refractivity contribution < 1.29 is 18.3 Å². The van der Waals surface area contributed by atoms with E-state index in [2.05, 4.69) is 10.1 Å². The van der Waals surface area contributed by atoms with Gasteiger partial charge in [0, 0.05) is 0 Å². The van der Waals surface area contributed by atoms with Crippen molar-refractivity contribution in [1.82, 2.24) is 5.32 Å². The first-order chi connectivity index (χ1) is 8.24. The average molecular weight is 280 g/mol. The van der Waals surface area contributed by atoms with Crippen molar-refractivity contribution in [3.63, 3.8) is 0 Å². The van der Waals surface area contributed by atoms with Gasteiger partial charge in [-0.25, -0.2) is 0 Å². The molecule has 102 valence electrons. The van der Waals surface area contributed by atoms with E-state index in [1.165, 1.54) is 12.1 Å². The summed E-state index contributed by atoms with van der Waals surface area (Å²) in [6.07, 6.45) is 2.14. The molecule has 1 heterocycles. The summed E-state index contributed by atoms with van der Waals surface area (Å²) in [4.78, 5) is 0. The maximum absolute atomic E-state index is 11.9. The molecule has 0 aliphatic carbocycles. The Kier molecular flexibility index (Phi) is 6.15. The maximum atomic E-state index is 11.9. The van der Waals surface area contributed by atoms with E-state index in [-0.39, 0.29) is 24.3 Å². The van der Waals surface area contributed by atoms with Gasteiger partial charge in [0.1, 0.15) is 17.6 Å². The number of hydrogen-bond donors (Lipinski definition) is 1. The SMILES string of the molecule is Cl.FC(F)Oc1ccc(OC2CCNCC2)cc1. The highest BCUT2D eigenvalue weighted by Crippen LogP contribution is 2.21. The molecule has 0 atom stereocenters. The molecule has 1 aliphatic rings. The zero-order chi connectivity index (χ0) is 12.1. The predicted octanol–water partition coefficient (Wildman–Crippen LogP) is 2.84. The van der Waals surface area contributed by atoms with Gasteiger partial charge in [0.05, 0.1) is 0 Å². The predicted molar refractivity (Wildman–Crippen MR) is 66.8 cm³/mol. The summed E-state index contributed by atoms with van der Waals surface area (Å²) in [5.41, 5.74) is 0. The lowest BCUT2D eigenvalue weighted by Gasteiger charge is -2.23. The molecule has 0 bridgehead atoms. The molecular formula is C12H16ClF2NO2. The second kappa shape index (κ2) is 7.38. The van der Waals surface area contributed by atoms with Crippen LogP contribution >= 0.6 is 12.4 Å². The third-order valence-corrected chi connectivity index (χ3v) is 2.64. The second-order valence-electron chi connectivity index (χ2n) is 3.92. The van der Waals surface area contributed by atoms with Gasteiger partial charge in [-0.1, -0.05) is 0 Å². The van der Waals surface area contributed by atoms with Crippen LogP contribution in [0.2, 0.25) is 0 Å². The lowest BCUT2D eigenvalue weighted by molar-refractivity contribution is -0.0498. The number of rotatable bonds is 4. The van der Waals surface area contributed by atoms with Crippen LogP contribution in [-0.2, 0) is 0 Å². The largest absolute Gasteiger partial charge is 0.490 e. The summed E-state index contributed by atoms with van der Waals surface area (Å²) in [5, 5.41) is 3.25. The third kappa shape index (κ3) is 4.66. The molecule has 0 unspecified atom stereocenters. The topological polar surface area (TPSA) is 30.5 Å². The van der Waals surface area contributed by atoms with Crippen LogP contribution in [0, 0.1) is 0 Å². The Labute approximate surface area is 111 Å². The molecule has 1 aromatic rings. The lowest BCUT2D eigenvalue weighted by atomic mass is 10.1. The van der Waals surface area contributed by atoms with E-state index in [4.69, 9.17) is 4.74 Å².